The second-order valence-corrected chi connectivity index (χ2v) is 4.11. The van der Waals surface area contributed by atoms with Crippen LogP contribution in [-0.4, -0.2) is 28.9 Å². The average Bonchev–Trinajstić information content (AvgIpc) is 2.21. The van der Waals surface area contributed by atoms with Gasteiger partial charge in [-0.25, -0.2) is 0 Å². The molecule has 0 rings (SSSR count). The lowest BCUT2D eigenvalue weighted by Crippen LogP contribution is -1.81. The van der Waals surface area contributed by atoms with Crippen LogP contribution in [0.25, 0.3) is 0 Å². The molecule has 0 aromatic rings. The molecule has 0 fully saturated rings. The van der Waals surface area contributed by atoms with E-state index in [-0.39, 0.29) is 23.1 Å². The van der Waals surface area contributed by atoms with Crippen LogP contribution in [0.5, 0.6) is 0 Å². The molecule has 0 aliphatic heterocycles. The normalized spacial score (nSPS) is 8.93. The monoisotopic (exact) mass is 260 g/mol. The van der Waals surface area contributed by atoms with Gasteiger partial charge in [0.2, 0.25) is 0 Å². The van der Waals surface area contributed by atoms with Crippen molar-refractivity contribution in [3.63, 3.8) is 0 Å². The second-order valence-electron chi connectivity index (χ2n) is 3.54. The summed E-state index contributed by atoms with van der Waals surface area (Å²) in [6.45, 7) is 0. The van der Waals surface area contributed by atoms with Crippen molar-refractivity contribution in [1.82, 2.24) is 0 Å². The van der Waals surface area contributed by atoms with E-state index in [1.807, 2.05) is 0 Å². The van der Waals surface area contributed by atoms with Crippen molar-refractivity contribution >= 4 is 46.3 Å². The maximum absolute atomic E-state index is 5.59. The molecule has 0 atom stereocenters. The van der Waals surface area contributed by atoms with Crippen molar-refractivity contribution < 1.29 is 0 Å². The first kappa shape index (κ1) is 18.3. The average molecular weight is 262 g/mol. The second kappa shape index (κ2) is 17.3. The number of alkyl halides is 1. The molecule has 0 unspecified atom stereocenters. The first-order chi connectivity index (χ1) is 6.91. The molecule has 86 valence electrons. The van der Waals surface area contributed by atoms with Crippen LogP contribution in [0.2, 0.25) is 0 Å². The fraction of sp³-hybridized carbons (Fsp3) is 0.833. The van der Waals surface area contributed by atoms with E-state index in [2.05, 4.69) is 11.3 Å². The van der Waals surface area contributed by atoms with Crippen molar-refractivity contribution in [2.24, 2.45) is 0 Å². The van der Waals surface area contributed by atoms with Crippen LogP contribution in [0, 0.1) is 11.3 Å². The van der Waals surface area contributed by atoms with E-state index in [4.69, 9.17) is 23.2 Å². The highest BCUT2D eigenvalue weighted by molar-refractivity contribution is 6.30. The third-order valence-electron chi connectivity index (χ3n) is 2.25. The lowest BCUT2D eigenvalue weighted by Gasteiger charge is -1.99. The molecule has 0 heterocycles. The fourth-order valence-electron chi connectivity index (χ4n) is 1.42. The van der Waals surface area contributed by atoms with Crippen LogP contribution >= 0.6 is 23.2 Å². The van der Waals surface area contributed by atoms with E-state index in [0.717, 1.165) is 12.3 Å². The zero-order chi connectivity index (χ0) is 10.5. The van der Waals surface area contributed by atoms with Gasteiger partial charge in [0.1, 0.15) is 0 Å². The minimum absolute atomic E-state index is 0. The number of hydrogen-bond donors (Lipinski definition) is 0. The Morgan fingerprint density at radius 1 is 0.733 bits per heavy atom. The summed E-state index contributed by atoms with van der Waals surface area (Å²) < 4.78 is 0. The highest BCUT2D eigenvalue weighted by Gasteiger charge is 1.91. The van der Waals surface area contributed by atoms with Gasteiger partial charge in [-0.1, -0.05) is 44.4 Å². The molecule has 0 N–H and O–H groups in total. The Balaban J connectivity index is 0. The third kappa shape index (κ3) is 17.5. The summed E-state index contributed by atoms with van der Waals surface area (Å²) in [5.74, 6) is 3.68. The molecule has 15 heavy (non-hydrogen) atoms. The van der Waals surface area contributed by atoms with E-state index in [9.17, 15) is 0 Å². The topological polar surface area (TPSA) is 0 Å². The van der Waals surface area contributed by atoms with Gasteiger partial charge in [0, 0.05) is 17.7 Å². The third-order valence-corrected chi connectivity index (χ3v) is 2.65. The Bertz CT molecular complexity index is 161. The van der Waals surface area contributed by atoms with Crippen molar-refractivity contribution in [2.45, 2.75) is 57.8 Å². The highest BCUT2D eigenvalue weighted by Crippen LogP contribution is 2.09. The van der Waals surface area contributed by atoms with Crippen LogP contribution in [0.15, 0.2) is 0 Å². The smallest absolute Gasteiger partial charge is 0.127 e. The minimum Gasteiger partial charge on any atom is -0.127 e. The standard InChI is InChI=1S/C12H20Cl2.Mg.2H/c13-11-9-7-5-3-1-2-4-6-8-10-12-14;;;/h1-9,11H2;;;. The van der Waals surface area contributed by atoms with E-state index in [0.29, 0.717) is 0 Å². The Kier molecular flexibility index (Phi) is 21.1. The Morgan fingerprint density at radius 2 is 1.20 bits per heavy atom. The van der Waals surface area contributed by atoms with Crippen LogP contribution in [-0.2, 0) is 0 Å². The quantitative estimate of drug-likeness (QED) is 0.254. The SMILES string of the molecule is ClC#CCCCCCCCCCCCl.[MgH2]. The summed E-state index contributed by atoms with van der Waals surface area (Å²) in [5.41, 5.74) is 0. The molecule has 0 aromatic carbocycles. The molecule has 0 radical (unpaired) electrons. The van der Waals surface area contributed by atoms with Crippen molar-refractivity contribution in [3.8, 4) is 11.3 Å². The van der Waals surface area contributed by atoms with Gasteiger partial charge in [0.05, 0.1) is 0 Å². The summed E-state index contributed by atoms with van der Waals surface area (Å²) in [6.07, 6.45) is 11.3. The minimum atomic E-state index is 0. The van der Waals surface area contributed by atoms with Gasteiger partial charge in [-0.2, -0.15) is 0 Å². The van der Waals surface area contributed by atoms with Gasteiger partial charge >= 0.3 is 23.1 Å². The predicted molar refractivity (Wildman–Crippen MR) is 74.4 cm³/mol. The molecule has 0 nitrogen and oxygen atoms in total. The number of rotatable bonds is 9. The largest absolute Gasteiger partial charge is 0.316 e. The molecule has 0 amide bonds. The van der Waals surface area contributed by atoms with Gasteiger partial charge < -0.3 is 0 Å². The molecule has 0 saturated carbocycles. The van der Waals surface area contributed by atoms with E-state index in [1.54, 1.807) is 0 Å². The summed E-state index contributed by atoms with van der Waals surface area (Å²) in [5, 5.41) is 2.40. The van der Waals surface area contributed by atoms with Gasteiger partial charge in [-0.05, 0) is 24.4 Å². The van der Waals surface area contributed by atoms with Crippen LogP contribution in [0.4, 0.5) is 0 Å². The molecule has 0 aliphatic carbocycles. The molecule has 3 heteroatoms. The zero-order valence-electron chi connectivity index (χ0n) is 8.83. The maximum atomic E-state index is 5.59. The molecule has 0 bridgehead atoms. The van der Waals surface area contributed by atoms with Crippen molar-refractivity contribution in [1.29, 1.82) is 0 Å². The molecule has 0 saturated heterocycles. The Hall–Kier alpha value is 0.906. The molecule has 0 aromatic heterocycles. The first-order valence-electron chi connectivity index (χ1n) is 5.56. The lowest BCUT2D eigenvalue weighted by atomic mass is 10.1. The van der Waals surface area contributed by atoms with E-state index < -0.39 is 0 Å². The number of halogens is 2. The zero-order valence-corrected chi connectivity index (χ0v) is 10.3. The summed E-state index contributed by atoms with van der Waals surface area (Å²) >= 11 is 10.8. The summed E-state index contributed by atoms with van der Waals surface area (Å²) in [4.78, 5) is 0. The molecule has 0 spiro atoms. The molecule has 0 aliphatic rings. The number of hydrogen-bond acceptors (Lipinski definition) is 0. The Morgan fingerprint density at radius 3 is 1.67 bits per heavy atom. The van der Waals surface area contributed by atoms with Gasteiger partial charge in [0.15, 0.2) is 0 Å². The summed E-state index contributed by atoms with van der Waals surface area (Å²) in [6, 6.07) is 0. The van der Waals surface area contributed by atoms with E-state index in [1.165, 1.54) is 51.4 Å². The summed E-state index contributed by atoms with van der Waals surface area (Å²) in [7, 11) is 0. The van der Waals surface area contributed by atoms with Gasteiger partial charge in [-0.15, -0.1) is 11.6 Å². The highest BCUT2D eigenvalue weighted by atomic mass is 35.5. The Labute approximate surface area is 121 Å². The van der Waals surface area contributed by atoms with Gasteiger partial charge in [-0.3, -0.25) is 0 Å². The first-order valence-corrected chi connectivity index (χ1v) is 6.47. The van der Waals surface area contributed by atoms with Crippen molar-refractivity contribution in [2.75, 3.05) is 5.88 Å². The van der Waals surface area contributed by atoms with E-state index >= 15 is 0 Å². The maximum Gasteiger partial charge on any atom is 0.316 e. The van der Waals surface area contributed by atoms with Crippen LogP contribution in [0.3, 0.4) is 0 Å². The molecular formula is C12H22Cl2Mg. The van der Waals surface area contributed by atoms with Crippen LogP contribution < -0.4 is 0 Å². The fourth-order valence-corrected chi connectivity index (χ4v) is 1.70. The van der Waals surface area contributed by atoms with Gasteiger partial charge in [0.25, 0.3) is 0 Å². The van der Waals surface area contributed by atoms with Crippen LogP contribution in [0.1, 0.15) is 57.8 Å². The predicted octanol–water partition coefficient (Wildman–Crippen LogP) is 4.02. The number of unbranched alkanes of at least 4 members (excludes halogenated alkanes) is 8. The molecular weight excluding hydrogens is 239 g/mol. The lowest BCUT2D eigenvalue weighted by molar-refractivity contribution is 0.580. The van der Waals surface area contributed by atoms with Crippen molar-refractivity contribution in [3.05, 3.63) is 0 Å².